The lowest BCUT2D eigenvalue weighted by molar-refractivity contribution is 0.579. The number of rotatable bonds is 5. The molecule has 0 spiro atoms. The molecule has 1 aromatic carbocycles. The molecule has 3 N–H and O–H groups in total. The number of anilines is 1. The molecule has 0 radical (unpaired) electrons. The Labute approximate surface area is 113 Å². The highest BCUT2D eigenvalue weighted by Crippen LogP contribution is 2.16. The van der Waals surface area contributed by atoms with Gasteiger partial charge in [0.2, 0.25) is 9.47 Å². The standard InChI is InChI=1S/C10H11FN4O2S2/c11-8-3-1-7(2-4-8)5-6-13-19(16,17)10-15-14-9(12)18-10/h1-4,13H,5-6H2,(H2,12,14). The van der Waals surface area contributed by atoms with E-state index in [2.05, 4.69) is 14.9 Å². The summed E-state index contributed by atoms with van der Waals surface area (Å²) in [5.74, 6) is -0.325. The number of benzene rings is 1. The summed E-state index contributed by atoms with van der Waals surface area (Å²) in [7, 11) is -3.68. The van der Waals surface area contributed by atoms with Gasteiger partial charge in [0.25, 0.3) is 10.0 Å². The van der Waals surface area contributed by atoms with Crippen LogP contribution in [0.15, 0.2) is 28.6 Å². The summed E-state index contributed by atoms with van der Waals surface area (Å²) >= 11 is 0.798. The van der Waals surface area contributed by atoms with Gasteiger partial charge in [-0.3, -0.25) is 0 Å². The first-order valence-electron chi connectivity index (χ1n) is 5.30. The summed E-state index contributed by atoms with van der Waals surface area (Å²) in [6, 6.07) is 5.86. The van der Waals surface area contributed by atoms with Gasteiger partial charge in [-0.15, -0.1) is 10.2 Å². The molecular formula is C10H11FN4O2S2. The quantitative estimate of drug-likeness (QED) is 0.850. The van der Waals surface area contributed by atoms with E-state index in [-0.39, 0.29) is 21.8 Å². The highest BCUT2D eigenvalue weighted by atomic mass is 32.2. The minimum Gasteiger partial charge on any atom is -0.374 e. The topological polar surface area (TPSA) is 98.0 Å². The molecule has 0 saturated carbocycles. The van der Waals surface area contributed by atoms with Crippen LogP contribution < -0.4 is 10.5 Å². The van der Waals surface area contributed by atoms with Gasteiger partial charge >= 0.3 is 0 Å². The van der Waals surface area contributed by atoms with Crippen LogP contribution in [0.1, 0.15) is 5.56 Å². The molecule has 102 valence electrons. The predicted octanol–water partition coefficient (Wildman–Crippen LogP) is 0.780. The fourth-order valence-corrected chi connectivity index (χ4v) is 3.23. The first-order valence-corrected chi connectivity index (χ1v) is 7.60. The molecule has 0 aliphatic carbocycles. The Morgan fingerprint density at radius 2 is 1.95 bits per heavy atom. The summed E-state index contributed by atoms with van der Waals surface area (Å²) in [5, 5.41) is 7.01. The van der Waals surface area contributed by atoms with Crippen molar-refractivity contribution in [3.63, 3.8) is 0 Å². The number of nitrogens with one attached hydrogen (secondary N) is 1. The van der Waals surface area contributed by atoms with Crippen LogP contribution in [0.3, 0.4) is 0 Å². The second kappa shape index (κ2) is 5.59. The Balaban J connectivity index is 1.93. The van der Waals surface area contributed by atoms with Gasteiger partial charge in [0.15, 0.2) is 0 Å². The smallest absolute Gasteiger partial charge is 0.269 e. The molecule has 0 bridgehead atoms. The van der Waals surface area contributed by atoms with Crippen LogP contribution in [0.2, 0.25) is 0 Å². The van der Waals surface area contributed by atoms with Crippen LogP contribution >= 0.6 is 11.3 Å². The Kier molecular flexibility index (Phi) is 4.08. The van der Waals surface area contributed by atoms with E-state index in [4.69, 9.17) is 5.73 Å². The van der Waals surface area contributed by atoms with Crippen LogP contribution in [-0.4, -0.2) is 25.2 Å². The maximum absolute atomic E-state index is 12.7. The molecule has 2 rings (SSSR count). The highest BCUT2D eigenvalue weighted by Gasteiger charge is 2.18. The summed E-state index contributed by atoms with van der Waals surface area (Å²) in [4.78, 5) is 0. The van der Waals surface area contributed by atoms with E-state index in [1.54, 1.807) is 12.1 Å². The van der Waals surface area contributed by atoms with E-state index in [0.717, 1.165) is 16.9 Å². The first-order chi connectivity index (χ1) is 8.97. The third-order valence-electron chi connectivity index (χ3n) is 2.27. The van der Waals surface area contributed by atoms with Gasteiger partial charge in [0, 0.05) is 6.54 Å². The molecule has 0 amide bonds. The SMILES string of the molecule is Nc1nnc(S(=O)(=O)NCCc2ccc(F)cc2)s1. The summed E-state index contributed by atoms with van der Waals surface area (Å²) in [6.45, 7) is 0.188. The molecule has 6 nitrogen and oxygen atoms in total. The fraction of sp³-hybridized carbons (Fsp3) is 0.200. The lowest BCUT2D eigenvalue weighted by atomic mass is 10.1. The van der Waals surface area contributed by atoms with Crippen LogP contribution in [-0.2, 0) is 16.4 Å². The molecule has 0 aliphatic rings. The van der Waals surface area contributed by atoms with Crippen molar-refractivity contribution in [2.24, 2.45) is 0 Å². The van der Waals surface area contributed by atoms with Gasteiger partial charge in [-0.05, 0) is 24.1 Å². The van der Waals surface area contributed by atoms with Crippen LogP contribution in [0, 0.1) is 5.82 Å². The van der Waals surface area contributed by atoms with E-state index in [0.29, 0.717) is 6.42 Å². The molecule has 9 heteroatoms. The molecule has 1 heterocycles. The lowest BCUT2D eigenvalue weighted by Gasteiger charge is -2.03. The Hall–Kier alpha value is -1.58. The second-order valence-corrected chi connectivity index (χ2v) is 6.63. The van der Waals surface area contributed by atoms with Crippen LogP contribution in [0.4, 0.5) is 9.52 Å². The zero-order chi connectivity index (χ0) is 13.9. The minimum absolute atomic E-state index is 0.0962. The van der Waals surface area contributed by atoms with E-state index < -0.39 is 10.0 Å². The van der Waals surface area contributed by atoms with Crippen molar-refractivity contribution in [3.8, 4) is 0 Å². The molecular weight excluding hydrogens is 291 g/mol. The molecule has 1 aromatic heterocycles. The highest BCUT2D eigenvalue weighted by molar-refractivity contribution is 7.91. The van der Waals surface area contributed by atoms with Crippen molar-refractivity contribution in [1.82, 2.24) is 14.9 Å². The number of nitrogens with zero attached hydrogens (tertiary/aromatic N) is 2. The van der Waals surface area contributed by atoms with Crippen LogP contribution in [0.25, 0.3) is 0 Å². The number of nitrogen functional groups attached to an aromatic ring is 1. The Morgan fingerprint density at radius 3 is 2.53 bits per heavy atom. The van der Waals surface area contributed by atoms with Crippen molar-refractivity contribution < 1.29 is 12.8 Å². The monoisotopic (exact) mass is 302 g/mol. The molecule has 2 aromatic rings. The van der Waals surface area contributed by atoms with Crippen molar-refractivity contribution in [3.05, 3.63) is 35.6 Å². The third kappa shape index (κ3) is 3.69. The van der Waals surface area contributed by atoms with Gasteiger partial charge in [0.05, 0.1) is 0 Å². The number of halogens is 1. The van der Waals surface area contributed by atoms with Gasteiger partial charge < -0.3 is 5.73 Å². The summed E-state index contributed by atoms with van der Waals surface area (Å²) < 4.78 is 38.4. The molecule has 0 aliphatic heterocycles. The molecule has 0 unspecified atom stereocenters. The predicted molar refractivity (Wildman–Crippen MR) is 69.6 cm³/mol. The van der Waals surface area contributed by atoms with Gasteiger partial charge in [0.1, 0.15) is 5.82 Å². The van der Waals surface area contributed by atoms with E-state index >= 15 is 0 Å². The van der Waals surface area contributed by atoms with E-state index in [1.807, 2.05) is 0 Å². The number of hydrogen-bond donors (Lipinski definition) is 2. The van der Waals surface area contributed by atoms with Crippen molar-refractivity contribution >= 4 is 26.5 Å². The van der Waals surface area contributed by atoms with E-state index in [1.165, 1.54) is 12.1 Å². The molecule has 19 heavy (non-hydrogen) atoms. The summed E-state index contributed by atoms with van der Waals surface area (Å²) in [6.07, 6.45) is 0.452. The number of aromatic nitrogens is 2. The Bertz CT molecular complexity index is 654. The molecule has 0 saturated heterocycles. The third-order valence-corrected chi connectivity index (χ3v) is 4.85. The normalized spacial score (nSPS) is 11.6. The average Bonchev–Trinajstić information content (AvgIpc) is 2.79. The largest absolute Gasteiger partial charge is 0.374 e. The zero-order valence-electron chi connectivity index (χ0n) is 9.71. The van der Waals surface area contributed by atoms with Crippen molar-refractivity contribution in [2.75, 3.05) is 12.3 Å². The lowest BCUT2D eigenvalue weighted by Crippen LogP contribution is -2.25. The zero-order valence-corrected chi connectivity index (χ0v) is 11.3. The van der Waals surface area contributed by atoms with E-state index in [9.17, 15) is 12.8 Å². The van der Waals surface area contributed by atoms with Gasteiger partial charge in [-0.2, -0.15) is 0 Å². The maximum atomic E-state index is 12.7. The van der Waals surface area contributed by atoms with Gasteiger partial charge in [-0.25, -0.2) is 17.5 Å². The minimum atomic E-state index is -3.68. The first kappa shape index (κ1) is 13.8. The fourth-order valence-electron chi connectivity index (χ4n) is 1.37. The number of nitrogens with two attached hydrogens (primary N) is 1. The van der Waals surface area contributed by atoms with Crippen LogP contribution in [0.5, 0.6) is 0 Å². The second-order valence-electron chi connectivity index (χ2n) is 3.68. The summed E-state index contributed by atoms with van der Waals surface area (Å²) in [5.41, 5.74) is 6.16. The number of sulfonamides is 1. The van der Waals surface area contributed by atoms with Crippen molar-refractivity contribution in [2.45, 2.75) is 10.8 Å². The molecule has 0 fully saturated rings. The number of hydrogen-bond acceptors (Lipinski definition) is 6. The molecule has 0 atom stereocenters. The van der Waals surface area contributed by atoms with Crippen molar-refractivity contribution in [1.29, 1.82) is 0 Å². The maximum Gasteiger partial charge on any atom is 0.269 e. The Morgan fingerprint density at radius 1 is 1.26 bits per heavy atom. The van der Waals surface area contributed by atoms with Gasteiger partial charge in [-0.1, -0.05) is 23.5 Å². The average molecular weight is 302 g/mol.